The van der Waals surface area contributed by atoms with Crippen molar-refractivity contribution in [2.75, 3.05) is 5.73 Å². The Morgan fingerprint density at radius 2 is 2.27 bits per heavy atom. The van der Waals surface area contributed by atoms with Gasteiger partial charge in [0.05, 0.1) is 18.1 Å². The summed E-state index contributed by atoms with van der Waals surface area (Å²) in [4.78, 5) is 12.4. The van der Waals surface area contributed by atoms with Crippen LogP contribution in [0.3, 0.4) is 0 Å². The number of nitrogens with zero attached hydrogens (tertiary/aromatic N) is 4. The molecule has 2 N–H and O–H groups in total. The van der Waals surface area contributed by atoms with E-state index in [0.29, 0.717) is 5.82 Å². The maximum atomic E-state index is 5.44. The molecule has 0 aliphatic rings. The van der Waals surface area contributed by atoms with Gasteiger partial charge in [0.25, 0.3) is 0 Å². The van der Waals surface area contributed by atoms with Gasteiger partial charge in [-0.3, -0.25) is 4.98 Å². The summed E-state index contributed by atoms with van der Waals surface area (Å²) < 4.78 is 5.05. The molecular formula is C8H9N5S2. The van der Waals surface area contributed by atoms with Gasteiger partial charge in [0.15, 0.2) is 4.34 Å². The van der Waals surface area contributed by atoms with Crippen molar-refractivity contribution in [3.8, 4) is 0 Å². The van der Waals surface area contributed by atoms with Crippen molar-refractivity contribution in [3.63, 3.8) is 0 Å². The van der Waals surface area contributed by atoms with Crippen LogP contribution in [0, 0.1) is 6.92 Å². The van der Waals surface area contributed by atoms with Gasteiger partial charge in [-0.25, -0.2) is 9.97 Å². The van der Waals surface area contributed by atoms with Crippen molar-refractivity contribution in [2.45, 2.75) is 17.0 Å². The molecule has 0 amide bonds. The van der Waals surface area contributed by atoms with Gasteiger partial charge in [-0.15, -0.1) is 0 Å². The molecule has 2 rings (SSSR count). The highest BCUT2D eigenvalue weighted by Gasteiger charge is 2.02. The van der Waals surface area contributed by atoms with Crippen molar-refractivity contribution in [1.29, 1.82) is 0 Å². The van der Waals surface area contributed by atoms with Crippen LogP contribution in [0.5, 0.6) is 0 Å². The van der Waals surface area contributed by atoms with Gasteiger partial charge in [-0.05, 0) is 18.5 Å². The Morgan fingerprint density at radius 3 is 2.87 bits per heavy atom. The monoisotopic (exact) mass is 239 g/mol. The van der Waals surface area contributed by atoms with Crippen LogP contribution in [0.15, 0.2) is 16.7 Å². The van der Waals surface area contributed by atoms with Crippen LogP contribution in [0.1, 0.15) is 11.5 Å². The van der Waals surface area contributed by atoms with Crippen LogP contribution < -0.4 is 5.73 Å². The maximum absolute atomic E-state index is 5.44. The minimum Gasteiger partial charge on any atom is -0.382 e. The fourth-order valence-electron chi connectivity index (χ4n) is 0.912. The average Bonchev–Trinajstić information content (AvgIpc) is 2.64. The third-order valence-electron chi connectivity index (χ3n) is 1.58. The minimum absolute atomic E-state index is 0.440. The second kappa shape index (κ2) is 4.54. The van der Waals surface area contributed by atoms with E-state index < -0.39 is 0 Å². The molecule has 7 heteroatoms. The van der Waals surface area contributed by atoms with Crippen molar-refractivity contribution >= 4 is 29.1 Å². The third-order valence-corrected chi connectivity index (χ3v) is 3.54. The number of hydrogen-bond donors (Lipinski definition) is 1. The van der Waals surface area contributed by atoms with E-state index in [1.165, 1.54) is 11.5 Å². The Bertz CT molecular complexity index is 439. The van der Waals surface area contributed by atoms with Gasteiger partial charge in [0.1, 0.15) is 11.6 Å². The highest BCUT2D eigenvalue weighted by molar-refractivity contribution is 8.00. The van der Waals surface area contributed by atoms with Crippen LogP contribution in [0.2, 0.25) is 0 Å². The summed E-state index contributed by atoms with van der Waals surface area (Å²) in [7, 11) is 0. The number of thioether (sulfide) groups is 1. The zero-order valence-corrected chi connectivity index (χ0v) is 9.68. The number of aryl methyl sites for hydroxylation is 1. The molecule has 0 bridgehead atoms. The van der Waals surface area contributed by atoms with E-state index in [4.69, 9.17) is 5.73 Å². The lowest BCUT2D eigenvalue weighted by Gasteiger charge is -1.97. The zero-order chi connectivity index (χ0) is 10.7. The molecule has 0 saturated carbocycles. The van der Waals surface area contributed by atoms with E-state index in [-0.39, 0.29) is 0 Å². The lowest BCUT2D eigenvalue weighted by molar-refractivity contribution is 1.09. The molecule has 15 heavy (non-hydrogen) atoms. The first-order valence-electron chi connectivity index (χ1n) is 4.23. The molecule has 0 fully saturated rings. The quantitative estimate of drug-likeness (QED) is 0.818. The minimum atomic E-state index is 0.440. The Labute approximate surface area is 95.3 Å². The molecule has 0 atom stereocenters. The van der Waals surface area contributed by atoms with Crippen LogP contribution >= 0.6 is 23.3 Å². The molecule has 0 radical (unpaired) electrons. The Morgan fingerprint density at radius 1 is 1.40 bits per heavy atom. The number of hydrogen-bond acceptors (Lipinski definition) is 7. The fraction of sp³-hybridized carbons (Fsp3) is 0.250. The van der Waals surface area contributed by atoms with Crippen LogP contribution in [-0.4, -0.2) is 19.3 Å². The summed E-state index contributed by atoms with van der Waals surface area (Å²) in [6, 6.07) is 0. The molecule has 2 aromatic heterocycles. The van der Waals surface area contributed by atoms with Gasteiger partial charge >= 0.3 is 0 Å². The van der Waals surface area contributed by atoms with Crippen molar-refractivity contribution in [1.82, 2.24) is 19.3 Å². The number of rotatable bonds is 3. The molecule has 0 aliphatic carbocycles. The average molecular weight is 239 g/mol. The van der Waals surface area contributed by atoms with E-state index in [1.807, 2.05) is 6.92 Å². The molecule has 5 nitrogen and oxygen atoms in total. The predicted octanol–water partition coefficient (Wildman–Crippen LogP) is 1.51. The number of nitrogen functional groups attached to an aromatic ring is 1. The number of anilines is 1. The molecular weight excluding hydrogens is 230 g/mol. The van der Waals surface area contributed by atoms with Gasteiger partial charge in [-0.2, -0.15) is 4.37 Å². The predicted molar refractivity (Wildman–Crippen MR) is 60.7 cm³/mol. The molecule has 0 unspecified atom stereocenters. The Kier molecular flexibility index (Phi) is 3.12. The molecule has 0 aromatic carbocycles. The van der Waals surface area contributed by atoms with Gasteiger partial charge in [-0.1, -0.05) is 11.8 Å². The summed E-state index contributed by atoms with van der Waals surface area (Å²) >= 11 is 3.00. The first kappa shape index (κ1) is 10.3. The summed E-state index contributed by atoms with van der Waals surface area (Å²) in [5, 5.41) is 0. The van der Waals surface area contributed by atoms with E-state index >= 15 is 0 Å². The topological polar surface area (TPSA) is 77.6 Å². The zero-order valence-electron chi connectivity index (χ0n) is 8.04. The lowest BCUT2D eigenvalue weighted by atomic mass is 10.5. The van der Waals surface area contributed by atoms with Gasteiger partial charge < -0.3 is 5.73 Å². The maximum Gasteiger partial charge on any atom is 0.170 e. The molecule has 0 saturated heterocycles. The van der Waals surface area contributed by atoms with Crippen LogP contribution in [0.25, 0.3) is 0 Å². The molecule has 78 valence electrons. The highest BCUT2D eigenvalue weighted by atomic mass is 32.2. The number of aromatic nitrogens is 4. The summed E-state index contributed by atoms with van der Waals surface area (Å²) in [6.45, 7) is 1.88. The van der Waals surface area contributed by atoms with Crippen molar-refractivity contribution in [3.05, 3.63) is 23.9 Å². The molecule has 2 heterocycles. The van der Waals surface area contributed by atoms with E-state index in [1.54, 1.807) is 24.2 Å². The first-order chi connectivity index (χ1) is 7.24. The van der Waals surface area contributed by atoms with E-state index in [9.17, 15) is 0 Å². The molecule has 2 aromatic rings. The third kappa shape index (κ3) is 2.87. The van der Waals surface area contributed by atoms with Crippen LogP contribution in [-0.2, 0) is 5.75 Å². The van der Waals surface area contributed by atoms with Crippen LogP contribution in [0.4, 0.5) is 5.82 Å². The van der Waals surface area contributed by atoms with E-state index in [0.717, 1.165) is 21.6 Å². The highest BCUT2D eigenvalue weighted by Crippen LogP contribution is 2.23. The Hall–Kier alpha value is -1.21. The standard InChI is InChI=1S/C8H9N5S2/c1-5-12-8(15-13-5)14-4-6-2-11-7(9)3-10-6/h2-3H,4H2,1H3,(H2,9,11). The molecule has 0 spiro atoms. The summed E-state index contributed by atoms with van der Waals surface area (Å²) in [5.74, 6) is 1.99. The van der Waals surface area contributed by atoms with E-state index in [2.05, 4.69) is 19.3 Å². The lowest BCUT2D eigenvalue weighted by Crippen LogP contribution is -1.94. The SMILES string of the molecule is Cc1nsc(SCc2cnc(N)cn2)n1. The van der Waals surface area contributed by atoms with Crippen molar-refractivity contribution in [2.24, 2.45) is 0 Å². The normalized spacial score (nSPS) is 10.5. The Balaban J connectivity index is 1.96. The van der Waals surface area contributed by atoms with Crippen molar-refractivity contribution < 1.29 is 0 Å². The first-order valence-corrected chi connectivity index (χ1v) is 5.99. The summed E-state index contributed by atoms with van der Waals surface area (Å²) in [6.07, 6.45) is 3.23. The van der Waals surface area contributed by atoms with Gasteiger partial charge in [0.2, 0.25) is 0 Å². The number of nitrogens with two attached hydrogens (primary N) is 1. The molecule has 0 aliphatic heterocycles. The largest absolute Gasteiger partial charge is 0.382 e. The fourth-order valence-corrected chi connectivity index (χ4v) is 2.45. The second-order valence-corrected chi connectivity index (χ2v) is 4.80. The smallest absolute Gasteiger partial charge is 0.170 e. The summed E-state index contributed by atoms with van der Waals surface area (Å²) in [5.41, 5.74) is 6.33. The van der Waals surface area contributed by atoms with Gasteiger partial charge in [0, 0.05) is 5.75 Å². The second-order valence-electron chi connectivity index (χ2n) is 2.83.